The number of hydrogen-bond acceptors (Lipinski definition) is 5. The number of nitrogens with zero attached hydrogens (tertiary/aromatic N) is 2. The molecule has 0 radical (unpaired) electrons. The van der Waals surface area contributed by atoms with Gasteiger partial charge in [-0.25, -0.2) is 0 Å². The number of rotatable bonds is 6. The Balaban J connectivity index is 1.59. The van der Waals surface area contributed by atoms with Crippen LogP contribution in [0, 0.1) is 6.92 Å². The van der Waals surface area contributed by atoms with Gasteiger partial charge in [-0.3, -0.25) is 10.9 Å². The van der Waals surface area contributed by atoms with E-state index in [0.29, 0.717) is 21.4 Å². The summed E-state index contributed by atoms with van der Waals surface area (Å²) in [6.07, 6.45) is 2.99. The summed E-state index contributed by atoms with van der Waals surface area (Å²) in [6, 6.07) is 22.6. The highest BCUT2D eigenvalue weighted by Gasteiger charge is 2.06. The lowest BCUT2D eigenvalue weighted by Crippen LogP contribution is -2.24. The van der Waals surface area contributed by atoms with Crippen molar-refractivity contribution >= 4 is 58.5 Å². The summed E-state index contributed by atoms with van der Waals surface area (Å²) in [7, 11) is 0. The van der Waals surface area contributed by atoms with Gasteiger partial charge < -0.3 is 15.7 Å². The molecule has 162 valence electrons. The quantitative estimate of drug-likeness (QED) is 0.211. The summed E-state index contributed by atoms with van der Waals surface area (Å²) in [6.45, 7) is 1.91. The highest BCUT2D eigenvalue weighted by Crippen LogP contribution is 2.21. The zero-order valence-corrected chi connectivity index (χ0v) is 18.9. The normalized spacial score (nSPS) is 10.8. The van der Waals surface area contributed by atoms with Gasteiger partial charge in [0.1, 0.15) is 5.75 Å². The monoisotopic (exact) mass is 462 g/mol. The molecule has 0 fully saturated rings. The fourth-order valence-corrected chi connectivity index (χ4v) is 3.06. The Morgan fingerprint density at radius 1 is 0.750 bits per heavy atom. The van der Waals surface area contributed by atoms with Crippen molar-refractivity contribution in [2.75, 3.05) is 10.6 Å². The molecule has 3 rings (SSSR count). The molecule has 0 saturated carbocycles. The molecule has 9 heteroatoms. The van der Waals surface area contributed by atoms with Crippen molar-refractivity contribution in [1.82, 2.24) is 10.9 Å². The van der Waals surface area contributed by atoms with E-state index in [-0.39, 0.29) is 5.75 Å². The van der Waals surface area contributed by atoms with Gasteiger partial charge in [-0.15, -0.1) is 0 Å². The maximum atomic E-state index is 10.6. The van der Waals surface area contributed by atoms with Crippen LogP contribution in [0.15, 0.2) is 83.0 Å². The molecule has 0 saturated heterocycles. The Labute approximate surface area is 197 Å². The second-order valence-electron chi connectivity index (χ2n) is 6.67. The van der Waals surface area contributed by atoms with E-state index >= 15 is 0 Å². The van der Waals surface area contributed by atoms with Gasteiger partial charge >= 0.3 is 0 Å². The van der Waals surface area contributed by atoms with Crippen LogP contribution in [0.1, 0.15) is 16.7 Å². The molecular formula is C23H22N6OS2. The highest BCUT2D eigenvalue weighted by molar-refractivity contribution is 7.80. The van der Waals surface area contributed by atoms with Crippen molar-refractivity contribution in [3.63, 3.8) is 0 Å². The molecule has 5 N–H and O–H groups in total. The predicted octanol–water partition coefficient (Wildman–Crippen LogP) is 4.34. The summed E-state index contributed by atoms with van der Waals surface area (Å²) in [4.78, 5) is 0. The van der Waals surface area contributed by atoms with Crippen LogP contribution in [-0.2, 0) is 0 Å². The van der Waals surface area contributed by atoms with Crippen molar-refractivity contribution < 1.29 is 5.11 Å². The fraction of sp³-hybridized carbons (Fsp3) is 0.0435. The number of nitrogens with one attached hydrogen (secondary N) is 4. The summed E-state index contributed by atoms with van der Waals surface area (Å²) in [5.74, 6) is 0.0376. The molecule has 3 aromatic rings. The predicted molar refractivity (Wildman–Crippen MR) is 140 cm³/mol. The second-order valence-corrected chi connectivity index (χ2v) is 7.49. The minimum absolute atomic E-state index is 0.0376. The summed E-state index contributed by atoms with van der Waals surface area (Å²) in [5, 5.41) is 25.5. The zero-order chi connectivity index (χ0) is 22.8. The molecule has 3 aromatic carbocycles. The van der Waals surface area contributed by atoms with E-state index in [1.54, 1.807) is 12.1 Å². The Morgan fingerprint density at radius 3 is 1.56 bits per heavy atom. The first-order valence-electron chi connectivity index (χ1n) is 9.65. The number of benzene rings is 3. The highest BCUT2D eigenvalue weighted by atomic mass is 32.1. The average molecular weight is 463 g/mol. The van der Waals surface area contributed by atoms with Crippen LogP contribution in [0.5, 0.6) is 5.75 Å². The first kappa shape index (κ1) is 22.9. The lowest BCUT2D eigenvalue weighted by Gasteiger charge is -2.08. The fourth-order valence-electron chi connectivity index (χ4n) is 2.71. The minimum atomic E-state index is 0.0376. The Morgan fingerprint density at radius 2 is 1.16 bits per heavy atom. The maximum absolute atomic E-state index is 10.6. The smallest absolute Gasteiger partial charge is 0.191 e. The van der Waals surface area contributed by atoms with Crippen LogP contribution < -0.4 is 21.5 Å². The van der Waals surface area contributed by atoms with Crippen LogP contribution in [0.4, 0.5) is 11.4 Å². The van der Waals surface area contributed by atoms with Crippen molar-refractivity contribution in [3.8, 4) is 5.75 Å². The lowest BCUT2D eigenvalue weighted by molar-refractivity contribution is 0.473. The number of thiocarbonyl (C=S) groups is 2. The molecule has 0 aliphatic heterocycles. The number of hydrazone groups is 2. The van der Waals surface area contributed by atoms with Gasteiger partial charge in [-0.2, -0.15) is 10.2 Å². The number of aryl methyl sites for hydroxylation is 1. The molecule has 0 atom stereocenters. The number of anilines is 2. The lowest BCUT2D eigenvalue weighted by atomic mass is 10.1. The number of hydrogen-bond donors (Lipinski definition) is 5. The van der Waals surface area contributed by atoms with Gasteiger partial charge in [0.2, 0.25) is 0 Å². The van der Waals surface area contributed by atoms with Gasteiger partial charge in [-0.05, 0) is 73.3 Å². The molecular weight excluding hydrogens is 440 g/mol. The topological polar surface area (TPSA) is 93.1 Å². The van der Waals surface area contributed by atoms with Gasteiger partial charge in [0.05, 0.1) is 12.4 Å². The number of aromatic hydroxyl groups is 1. The van der Waals surface area contributed by atoms with E-state index in [0.717, 1.165) is 16.9 Å². The van der Waals surface area contributed by atoms with Crippen molar-refractivity contribution in [2.45, 2.75) is 6.92 Å². The molecule has 0 aliphatic rings. The molecule has 32 heavy (non-hydrogen) atoms. The van der Waals surface area contributed by atoms with E-state index in [9.17, 15) is 5.11 Å². The van der Waals surface area contributed by atoms with Gasteiger partial charge in [0, 0.05) is 22.5 Å². The second kappa shape index (κ2) is 11.5. The Kier molecular flexibility index (Phi) is 8.24. The van der Waals surface area contributed by atoms with Crippen LogP contribution in [-0.4, -0.2) is 27.8 Å². The third-order valence-electron chi connectivity index (χ3n) is 4.12. The molecule has 7 nitrogen and oxygen atoms in total. The standard InChI is InChI=1S/C23H22N6OS2/c1-16-12-17(14-24-28-22(31)26-19-8-4-2-5-9-19)21(30)18(13-16)15-25-29-23(32)27-20-10-6-3-7-11-20/h2-15,30H,1H3,(H2,26,28,31)(H2,27,29,32)/b24-14+,25-15+. The van der Waals surface area contributed by atoms with Crippen LogP contribution >= 0.6 is 24.4 Å². The Hall–Kier alpha value is -3.82. The molecule has 0 heterocycles. The van der Waals surface area contributed by atoms with Gasteiger partial charge in [0.25, 0.3) is 0 Å². The van der Waals surface area contributed by atoms with E-state index < -0.39 is 0 Å². The molecule has 0 unspecified atom stereocenters. The third kappa shape index (κ3) is 7.15. The average Bonchev–Trinajstić information content (AvgIpc) is 2.78. The maximum Gasteiger partial charge on any atom is 0.191 e. The third-order valence-corrected chi connectivity index (χ3v) is 4.50. The van der Waals surface area contributed by atoms with Crippen LogP contribution in [0.3, 0.4) is 0 Å². The molecule has 0 aliphatic carbocycles. The van der Waals surface area contributed by atoms with E-state index in [1.165, 1.54) is 12.4 Å². The molecule has 0 bridgehead atoms. The van der Waals surface area contributed by atoms with Crippen LogP contribution in [0.25, 0.3) is 0 Å². The van der Waals surface area contributed by atoms with Crippen LogP contribution in [0.2, 0.25) is 0 Å². The molecule has 0 spiro atoms. The SMILES string of the molecule is Cc1cc(/C=N/NC(=S)Nc2ccccc2)c(O)c(/C=N/NC(=S)Nc2ccccc2)c1. The summed E-state index contributed by atoms with van der Waals surface area (Å²) >= 11 is 10.4. The van der Waals surface area contributed by atoms with Gasteiger partial charge in [0.15, 0.2) is 10.2 Å². The van der Waals surface area contributed by atoms with E-state index in [1.807, 2.05) is 67.6 Å². The Bertz CT molecular complexity index is 1050. The number of phenolic OH excluding ortho intramolecular Hbond substituents is 1. The van der Waals surface area contributed by atoms with Crippen molar-refractivity contribution in [2.24, 2.45) is 10.2 Å². The van der Waals surface area contributed by atoms with Gasteiger partial charge in [-0.1, -0.05) is 36.4 Å². The van der Waals surface area contributed by atoms with E-state index in [4.69, 9.17) is 24.4 Å². The first-order valence-corrected chi connectivity index (χ1v) is 10.5. The zero-order valence-electron chi connectivity index (χ0n) is 17.2. The van der Waals surface area contributed by atoms with Crippen molar-refractivity contribution in [1.29, 1.82) is 0 Å². The first-order chi connectivity index (χ1) is 15.5. The summed E-state index contributed by atoms with van der Waals surface area (Å²) in [5.41, 5.74) is 9.14. The number of para-hydroxylation sites is 2. The number of phenols is 1. The minimum Gasteiger partial charge on any atom is -0.507 e. The largest absolute Gasteiger partial charge is 0.507 e. The summed E-state index contributed by atoms with van der Waals surface area (Å²) < 4.78 is 0. The van der Waals surface area contributed by atoms with E-state index in [2.05, 4.69) is 31.7 Å². The van der Waals surface area contributed by atoms with Crippen molar-refractivity contribution in [3.05, 3.63) is 89.5 Å². The molecule has 0 amide bonds. The molecule has 0 aromatic heterocycles.